The van der Waals surface area contributed by atoms with Gasteiger partial charge in [0.1, 0.15) is 6.73 Å². The summed E-state index contributed by atoms with van der Waals surface area (Å²) in [5.74, 6) is -0.00238. The van der Waals surface area contributed by atoms with Gasteiger partial charge in [0.15, 0.2) is 0 Å². The summed E-state index contributed by atoms with van der Waals surface area (Å²) in [4.78, 5) is 27.1. The van der Waals surface area contributed by atoms with Gasteiger partial charge in [-0.3, -0.25) is 14.3 Å². The second kappa shape index (κ2) is 7.07. The standard InChI is InChI=1S/C20H22N2O3/c1-13(2)18-17(22(12-25-3)20(24)21-19(18)23)11-15-9-6-8-14-7-4-5-10-16(14)15/h4-10,13H,11-12H2,1-3H3,(H,21,23,24). The molecule has 1 aromatic heterocycles. The highest BCUT2D eigenvalue weighted by molar-refractivity contribution is 5.85. The first-order valence-corrected chi connectivity index (χ1v) is 8.34. The lowest BCUT2D eigenvalue weighted by Crippen LogP contribution is -2.36. The maximum atomic E-state index is 12.4. The number of hydrogen-bond acceptors (Lipinski definition) is 3. The van der Waals surface area contributed by atoms with E-state index in [1.165, 1.54) is 11.7 Å². The molecule has 1 heterocycles. The van der Waals surface area contributed by atoms with Gasteiger partial charge in [-0.1, -0.05) is 56.3 Å². The minimum absolute atomic E-state index is 0.00238. The fraction of sp³-hybridized carbons (Fsp3) is 0.300. The Morgan fingerprint density at radius 1 is 1.08 bits per heavy atom. The van der Waals surface area contributed by atoms with Crippen LogP contribution in [0.4, 0.5) is 0 Å². The van der Waals surface area contributed by atoms with Crippen molar-refractivity contribution in [2.24, 2.45) is 0 Å². The van der Waals surface area contributed by atoms with Crippen molar-refractivity contribution >= 4 is 10.8 Å². The van der Waals surface area contributed by atoms with Crippen LogP contribution in [0.25, 0.3) is 10.8 Å². The van der Waals surface area contributed by atoms with Crippen LogP contribution in [-0.2, 0) is 17.9 Å². The van der Waals surface area contributed by atoms with E-state index in [0.717, 1.165) is 16.3 Å². The summed E-state index contributed by atoms with van der Waals surface area (Å²) in [6.07, 6.45) is 0.497. The summed E-state index contributed by atoms with van der Waals surface area (Å²) in [5, 5.41) is 2.26. The molecule has 0 fully saturated rings. The lowest BCUT2D eigenvalue weighted by molar-refractivity contribution is 0.124. The monoisotopic (exact) mass is 338 g/mol. The van der Waals surface area contributed by atoms with Crippen LogP contribution in [0.2, 0.25) is 0 Å². The molecule has 0 saturated heterocycles. The molecule has 25 heavy (non-hydrogen) atoms. The fourth-order valence-electron chi connectivity index (χ4n) is 3.31. The van der Waals surface area contributed by atoms with E-state index in [9.17, 15) is 9.59 Å². The second-order valence-corrected chi connectivity index (χ2v) is 6.44. The van der Waals surface area contributed by atoms with Crippen molar-refractivity contribution in [2.75, 3.05) is 7.11 Å². The lowest BCUT2D eigenvalue weighted by Gasteiger charge is -2.18. The molecular formula is C20H22N2O3. The van der Waals surface area contributed by atoms with Gasteiger partial charge in [-0.15, -0.1) is 0 Å². The quantitative estimate of drug-likeness (QED) is 0.778. The van der Waals surface area contributed by atoms with Crippen molar-refractivity contribution in [1.82, 2.24) is 9.55 Å². The summed E-state index contributed by atoms with van der Waals surface area (Å²) in [5.41, 5.74) is 1.66. The third-order valence-corrected chi connectivity index (χ3v) is 4.42. The number of nitrogens with zero attached hydrogens (tertiary/aromatic N) is 1. The predicted octanol–water partition coefficient (Wildman–Crippen LogP) is 3.01. The highest BCUT2D eigenvalue weighted by Gasteiger charge is 2.18. The van der Waals surface area contributed by atoms with Gasteiger partial charge >= 0.3 is 5.69 Å². The van der Waals surface area contributed by atoms with E-state index in [0.29, 0.717) is 17.7 Å². The van der Waals surface area contributed by atoms with E-state index in [1.54, 1.807) is 0 Å². The summed E-state index contributed by atoms with van der Waals surface area (Å²) < 4.78 is 6.70. The van der Waals surface area contributed by atoms with Crippen molar-refractivity contribution in [3.8, 4) is 0 Å². The topological polar surface area (TPSA) is 64.1 Å². The zero-order valence-electron chi connectivity index (χ0n) is 14.7. The molecule has 3 aromatic rings. The van der Waals surface area contributed by atoms with Crippen LogP contribution in [0.15, 0.2) is 52.1 Å². The number of methoxy groups -OCH3 is 1. The molecule has 2 aromatic carbocycles. The third-order valence-electron chi connectivity index (χ3n) is 4.42. The second-order valence-electron chi connectivity index (χ2n) is 6.44. The summed E-state index contributed by atoms with van der Waals surface area (Å²) >= 11 is 0. The number of benzene rings is 2. The number of aromatic amines is 1. The van der Waals surface area contributed by atoms with Crippen molar-refractivity contribution in [3.63, 3.8) is 0 Å². The molecule has 0 aliphatic carbocycles. The number of nitrogens with one attached hydrogen (secondary N) is 1. The normalized spacial score (nSPS) is 11.4. The minimum atomic E-state index is -0.438. The molecule has 0 atom stereocenters. The summed E-state index contributed by atoms with van der Waals surface area (Å²) in [6, 6.07) is 14.2. The number of aromatic nitrogens is 2. The van der Waals surface area contributed by atoms with Gasteiger partial charge in [-0.25, -0.2) is 4.79 Å². The number of rotatable bonds is 5. The summed E-state index contributed by atoms with van der Waals surface area (Å²) in [6.45, 7) is 4.02. The molecular weight excluding hydrogens is 316 g/mol. The Labute approximate surface area is 145 Å². The van der Waals surface area contributed by atoms with E-state index < -0.39 is 5.69 Å². The summed E-state index contributed by atoms with van der Waals surface area (Å²) in [7, 11) is 1.54. The third kappa shape index (κ3) is 3.28. The molecule has 0 radical (unpaired) electrons. The Morgan fingerprint density at radius 2 is 1.80 bits per heavy atom. The smallest absolute Gasteiger partial charge is 0.330 e. The van der Waals surface area contributed by atoms with Gasteiger partial charge in [0.05, 0.1) is 0 Å². The molecule has 0 bridgehead atoms. The highest BCUT2D eigenvalue weighted by Crippen LogP contribution is 2.23. The molecule has 0 aliphatic rings. The first-order valence-electron chi connectivity index (χ1n) is 8.34. The molecule has 0 aliphatic heterocycles. The molecule has 5 heteroatoms. The molecule has 0 saturated carbocycles. The van der Waals surface area contributed by atoms with Crippen LogP contribution in [0.1, 0.15) is 36.6 Å². The van der Waals surface area contributed by atoms with E-state index in [4.69, 9.17) is 4.74 Å². The number of ether oxygens (including phenoxy) is 1. The van der Waals surface area contributed by atoms with Gasteiger partial charge in [-0.05, 0) is 22.3 Å². The van der Waals surface area contributed by atoms with Crippen LogP contribution in [-0.4, -0.2) is 16.7 Å². The number of H-pyrrole nitrogens is 1. The Kier molecular flexibility index (Phi) is 4.86. The first-order chi connectivity index (χ1) is 12.0. The molecule has 3 rings (SSSR count). The lowest BCUT2D eigenvalue weighted by atomic mass is 9.95. The SMILES string of the molecule is COCn1c(Cc2cccc3ccccc23)c(C(C)C)c(=O)[nH]c1=O. The predicted molar refractivity (Wildman–Crippen MR) is 99.2 cm³/mol. The zero-order valence-corrected chi connectivity index (χ0v) is 14.7. The minimum Gasteiger partial charge on any atom is -0.364 e. The van der Waals surface area contributed by atoms with Crippen molar-refractivity contribution in [3.05, 3.63) is 80.1 Å². The zero-order chi connectivity index (χ0) is 18.0. The van der Waals surface area contributed by atoms with Crippen LogP contribution < -0.4 is 11.2 Å². The van der Waals surface area contributed by atoms with Gasteiger partial charge in [0.2, 0.25) is 0 Å². The Balaban J connectivity index is 2.25. The van der Waals surface area contributed by atoms with Gasteiger partial charge in [0.25, 0.3) is 5.56 Å². The van der Waals surface area contributed by atoms with Crippen LogP contribution in [0.3, 0.4) is 0 Å². The molecule has 0 unspecified atom stereocenters. The van der Waals surface area contributed by atoms with E-state index in [-0.39, 0.29) is 18.2 Å². The van der Waals surface area contributed by atoms with Gasteiger partial charge in [-0.2, -0.15) is 0 Å². The molecule has 0 spiro atoms. The highest BCUT2D eigenvalue weighted by atomic mass is 16.5. The molecule has 130 valence electrons. The Hall–Kier alpha value is -2.66. The van der Waals surface area contributed by atoms with E-state index >= 15 is 0 Å². The maximum Gasteiger partial charge on any atom is 0.330 e. The van der Waals surface area contributed by atoms with Crippen LogP contribution in [0.5, 0.6) is 0 Å². The Morgan fingerprint density at radius 3 is 2.52 bits per heavy atom. The van der Waals surface area contributed by atoms with E-state index in [1.807, 2.05) is 38.1 Å². The molecule has 1 N–H and O–H groups in total. The van der Waals surface area contributed by atoms with Crippen LogP contribution >= 0.6 is 0 Å². The number of fused-ring (bicyclic) bond motifs is 1. The number of hydrogen-bond donors (Lipinski definition) is 1. The van der Waals surface area contributed by atoms with Gasteiger partial charge in [0, 0.05) is 24.8 Å². The molecule has 0 amide bonds. The first kappa shape index (κ1) is 17.2. The molecule has 5 nitrogen and oxygen atoms in total. The van der Waals surface area contributed by atoms with Gasteiger partial charge < -0.3 is 4.74 Å². The van der Waals surface area contributed by atoms with Crippen molar-refractivity contribution < 1.29 is 4.74 Å². The van der Waals surface area contributed by atoms with Crippen LogP contribution in [0, 0.1) is 0 Å². The van der Waals surface area contributed by atoms with Crippen molar-refractivity contribution in [2.45, 2.75) is 32.9 Å². The average molecular weight is 338 g/mol. The van der Waals surface area contributed by atoms with E-state index in [2.05, 4.69) is 23.2 Å². The maximum absolute atomic E-state index is 12.4. The Bertz CT molecular complexity index is 1010. The van der Waals surface area contributed by atoms with Crippen molar-refractivity contribution in [1.29, 1.82) is 0 Å². The largest absolute Gasteiger partial charge is 0.364 e. The fourth-order valence-corrected chi connectivity index (χ4v) is 3.31. The average Bonchev–Trinajstić information content (AvgIpc) is 2.58.